The van der Waals surface area contributed by atoms with Crippen LogP contribution in [-0.2, 0) is 19.1 Å². The SMILES string of the molecule is Cc1cc(NC(=O)COC(=O)c2ccc(N3C(=O)[C@@H]4C[C@@H](Cl)[C@@H](Cl)C[C@H]4C3=O)cc2)no1. The molecule has 2 heterocycles. The van der Waals surface area contributed by atoms with E-state index in [-0.39, 0.29) is 33.9 Å². The second kappa shape index (κ2) is 8.91. The fourth-order valence-electron chi connectivity index (χ4n) is 3.91. The van der Waals surface area contributed by atoms with Crippen molar-refractivity contribution in [2.45, 2.75) is 30.5 Å². The molecule has 3 amide bonds. The van der Waals surface area contributed by atoms with Gasteiger partial charge in [0.05, 0.1) is 33.8 Å². The van der Waals surface area contributed by atoms with Crippen molar-refractivity contribution < 1.29 is 28.4 Å². The molecule has 4 atom stereocenters. The molecule has 4 rings (SSSR count). The Labute approximate surface area is 192 Å². The summed E-state index contributed by atoms with van der Waals surface area (Å²) in [6, 6.07) is 7.34. The molecule has 1 saturated heterocycles. The van der Waals surface area contributed by atoms with Crippen molar-refractivity contribution in [1.82, 2.24) is 5.16 Å². The van der Waals surface area contributed by atoms with E-state index in [1.54, 1.807) is 6.92 Å². The molecule has 0 bridgehead atoms. The Morgan fingerprint density at radius 3 is 2.25 bits per heavy atom. The van der Waals surface area contributed by atoms with Crippen molar-refractivity contribution in [2.24, 2.45) is 11.8 Å². The maximum Gasteiger partial charge on any atom is 0.338 e. The first-order chi connectivity index (χ1) is 15.2. The zero-order valence-corrected chi connectivity index (χ0v) is 18.4. The van der Waals surface area contributed by atoms with Crippen LogP contribution in [-0.4, -0.2) is 46.2 Å². The molecule has 11 heteroatoms. The number of hydrogen-bond acceptors (Lipinski definition) is 7. The zero-order chi connectivity index (χ0) is 23.0. The third kappa shape index (κ3) is 4.35. The minimum Gasteiger partial charge on any atom is -0.452 e. The Balaban J connectivity index is 1.37. The van der Waals surface area contributed by atoms with Crippen LogP contribution in [0.4, 0.5) is 11.5 Å². The number of aryl methyl sites for hydroxylation is 1. The standard InChI is InChI=1S/C21H19Cl2N3O6/c1-10-6-17(25-32-10)24-18(27)9-31-21(30)11-2-4-12(5-3-11)26-19(28)13-7-15(22)16(23)8-14(13)20(26)29/h2-6,13-16H,7-9H2,1H3,(H,24,25,27)/t13-,14-,15-,16+/m1/s1. The summed E-state index contributed by atoms with van der Waals surface area (Å²) in [4.78, 5) is 50.8. The highest BCUT2D eigenvalue weighted by Gasteiger charge is 2.52. The van der Waals surface area contributed by atoms with Crippen LogP contribution in [0, 0.1) is 18.8 Å². The number of ether oxygens (including phenoxy) is 1. The smallest absolute Gasteiger partial charge is 0.338 e. The Bertz CT molecular complexity index is 1040. The number of imide groups is 1. The van der Waals surface area contributed by atoms with Gasteiger partial charge in [-0.15, -0.1) is 23.2 Å². The number of alkyl halides is 2. The summed E-state index contributed by atoms with van der Waals surface area (Å²) >= 11 is 12.4. The van der Waals surface area contributed by atoms with Gasteiger partial charge in [0, 0.05) is 6.07 Å². The quantitative estimate of drug-likeness (QED) is 0.397. The second-order valence-electron chi connectivity index (χ2n) is 7.72. The normalized spacial score (nSPS) is 24.9. The van der Waals surface area contributed by atoms with E-state index >= 15 is 0 Å². The number of carbonyl (C=O) groups excluding carboxylic acids is 4. The lowest BCUT2D eigenvalue weighted by molar-refractivity contribution is -0.122. The molecule has 168 valence electrons. The summed E-state index contributed by atoms with van der Waals surface area (Å²) in [5.41, 5.74) is 0.513. The summed E-state index contributed by atoms with van der Waals surface area (Å²) in [6.45, 7) is 1.16. The van der Waals surface area contributed by atoms with Gasteiger partial charge in [-0.3, -0.25) is 19.3 Å². The molecule has 32 heavy (non-hydrogen) atoms. The molecule has 0 unspecified atom stereocenters. The summed E-state index contributed by atoms with van der Waals surface area (Å²) in [5, 5.41) is 5.32. The van der Waals surface area contributed by atoms with E-state index in [0.717, 1.165) is 4.90 Å². The number of esters is 1. The molecule has 2 aromatic rings. The van der Waals surface area contributed by atoms with Crippen LogP contribution in [0.1, 0.15) is 29.0 Å². The van der Waals surface area contributed by atoms with Crippen molar-refractivity contribution in [3.8, 4) is 0 Å². The number of hydrogen-bond donors (Lipinski definition) is 1. The van der Waals surface area contributed by atoms with Gasteiger partial charge >= 0.3 is 5.97 Å². The molecule has 2 fully saturated rings. The first-order valence-corrected chi connectivity index (χ1v) is 10.8. The second-order valence-corrected chi connectivity index (χ2v) is 8.84. The highest BCUT2D eigenvalue weighted by atomic mass is 35.5. The van der Waals surface area contributed by atoms with Crippen molar-refractivity contribution in [2.75, 3.05) is 16.8 Å². The minimum atomic E-state index is -0.731. The van der Waals surface area contributed by atoms with Crippen LogP contribution >= 0.6 is 23.2 Å². The van der Waals surface area contributed by atoms with Crippen molar-refractivity contribution in [3.05, 3.63) is 41.7 Å². The third-order valence-electron chi connectivity index (χ3n) is 5.50. The lowest BCUT2D eigenvalue weighted by Crippen LogP contribution is -2.34. The molecule has 1 aliphatic carbocycles. The number of fused-ring (bicyclic) bond motifs is 1. The van der Waals surface area contributed by atoms with Crippen LogP contribution in [0.15, 0.2) is 34.9 Å². The Morgan fingerprint density at radius 2 is 1.72 bits per heavy atom. The van der Waals surface area contributed by atoms with E-state index in [4.69, 9.17) is 32.5 Å². The molecule has 1 aromatic carbocycles. The topological polar surface area (TPSA) is 119 Å². The van der Waals surface area contributed by atoms with Gasteiger partial charge < -0.3 is 14.6 Å². The lowest BCUT2D eigenvalue weighted by atomic mass is 9.80. The van der Waals surface area contributed by atoms with E-state index in [1.807, 2.05) is 0 Å². The average molecular weight is 480 g/mol. The van der Waals surface area contributed by atoms with Crippen molar-refractivity contribution in [1.29, 1.82) is 0 Å². The summed E-state index contributed by atoms with van der Waals surface area (Å²) in [6.07, 6.45) is 0.698. The zero-order valence-electron chi connectivity index (χ0n) is 16.9. The fourth-order valence-corrected chi connectivity index (χ4v) is 4.50. The molecule has 1 aromatic heterocycles. The van der Waals surface area contributed by atoms with E-state index < -0.39 is 30.3 Å². The first kappa shape index (κ1) is 22.3. The van der Waals surface area contributed by atoms with Crippen LogP contribution < -0.4 is 10.2 Å². The van der Waals surface area contributed by atoms with Gasteiger partial charge in [-0.25, -0.2) is 4.79 Å². The molecule has 9 nitrogen and oxygen atoms in total. The van der Waals surface area contributed by atoms with Crippen molar-refractivity contribution in [3.63, 3.8) is 0 Å². The van der Waals surface area contributed by atoms with Crippen LogP contribution in [0.25, 0.3) is 0 Å². The molecule has 0 spiro atoms. The van der Waals surface area contributed by atoms with Gasteiger partial charge in [0.25, 0.3) is 5.91 Å². The third-order valence-corrected chi connectivity index (χ3v) is 6.60. The van der Waals surface area contributed by atoms with E-state index in [0.29, 0.717) is 24.3 Å². The molecule has 1 N–H and O–H groups in total. The molecule has 1 aliphatic heterocycles. The predicted octanol–water partition coefficient (Wildman–Crippen LogP) is 2.89. The summed E-state index contributed by atoms with van der Waals surface area (Å²) < 4.78 is 9.82. The van der Waals surface area contributed by atoms with Gasteiger partial charge in [-0.05, 0) is 44.0 Å². The predicted molar refractivity (Wildman–Crippen MR) is 115 cm³/mol. The van der Waals surface area contributed by atoms with Crippen LogP contribution in [0.2, 0.25) is 0 Å². The Hall–Kier alpha value is -2.91. The number of halogens is 2. The lowest BCUT2D eigenvalue weighted by Gasteiger charge is -2.28. The molecular weight excluding hydrogens is 461 g/mol. The molecule has 2 aliphatic rings. The highest BCUT2D eigenvalue weighted by Crippen LogP contribution is 2.43. The molecule has 1 saturated carbocycles. The van der Waals surface area contributed by atoms with E-state index in [9.17, 15) is 19.2 Å². The number of nitrogens with one attached hydrogen (secondary N) is 1. The Morgan fingerprint density at radius 1 is 1.12 bits per heavy atom. The van der Waals surface area contributed by atoms with Gasteiger partial charge in [-0.1, -0.05) is 5.16 Å². The number of aromatic nitrogens is 1. The number of amides is 3. The largest absolute Gasteiger partial charge is 0.452 e. The monoisotopic (exact) mass is 479 g/mol. The molecular formula is C21H19Cl2N3O6. The summed E-state index contributed by atoms with van der Waals surface area (Å²) in [5.74, 6) is -2.17. The van der Waals surface area contributed by atoms with Crippen LogP contribution in [0.3, 0.4) is 0 Å². The van der Waals surface area contributed by atoms with Crippen LogP contribution in [0.5, 0.6) is 0 Å². The van der Waals surface area contributed by atoms with Gasteiger partial charge in [0.15, 0.2) is 12.4 Å². The number of nitrogens with zero attached hydrogens (tertiary/aromatic N) is 2. The fraction of sp³-hybridized carbons (Fsp3) is 0.381. The Kier molecular flexibility index (Phi) is 6.21. The highest BCUT2D eigenvalue weighted by molar-refractivity contribution is 6.31. The van der Waals surface area contributed by atoms with Crippen molar-refractivity contribution >= 4 is 58.4 Å². The van der Waals surface area contributed by atoms with Gasteiger partial charge in [0.2, 0.25) is 11.8 Å². The summed E-state index contributed by atoms with van der Waals surface area (Å²) in [7, 11) is 0. The number of anilines is 2. The minimum absolute atomic E-state index is 0.164. The maximum absolute atomic E-state index is 12.8. The molecule has 0 radical (unpaired) electrons. The number of benzene rings is 1. The number of rotatable bonds is 5. The first-order valence-electron chi connectivity index (χ1n) is 9.91. The average Bonchev–Trinajstić information content (AvgIpc) is 3.27. The number of carbonyl (C=O) groups is 4. The van der Waals surface area contributed by atoms with E-state index in [2.05, 4.69) is 10.5 Å². The van der Waals surface area contributed by atoms with E-state index in [1.165, 1.54) is 30.3 Å². The van der Waals surface area contributed by atoms with Gasteiger partial charge in [-0.2, -0.15) is 0 Å². The maximum atomic E-state index is 12.8. The van der Waals surface area contributed by atoms with Gasteiger partial charge in [0.1, 0.15) is 5.76 Å².